The molecular formula is C30H27ClF3N5O4. The lowest BCUT2D eigenvalue weighted by molar-refractivity contribution is -0.128. The number of hydrogen-bond acceptors (Lipinski definition) is 6. The minimum atomic E-state index is -2.92. The fourth-order valence-corrected chi connectivity index (χ4v) is 6.53. The normalized spacial score (nSPS) is 20.7. The van der Waals surface area contributed by atoms with Crippen LogP contribution in [-0.4, -0.2) is 63.4 Å². The molecule has 2 aliphatic heterocycles. The van der Waals surface area contributed by atoms with Crippen LogP contribution in [-0.2, 0) is 10.2 Å². The number of alkyl halides is 2. The average molecular weight is 614 g/mol. The lowest BCUT2D eigenvalue weighted by Crippen LogP contribution is -2.65. The first-order valence-corrected chi connectivity index (χ1v) is 14.2. The van der Waals surface area contributed by atoms with E-state index in [0.29, 0.717) is 43.5 Å². The van der Waals surface area contributed by atoms with Crippen LogP contribution in [0.25, 0.3) is 0 Å². The minimum Gasteiger partial charge on any atom is -0.505 e. The van der Waals surface area contributed by atoms with Gasteiger partial charge in [0.1, 0.15) is 22.7 Å². The zero-order valence-corrected chi connectivity index (χ0v) is 23.5. The maximum absolute atomic E-state index is 14.4. The van der Waals surface area contributed by atoms with Crippen LogP contribution in [0, 0.1) is 11.7 Å². The summed E-state index contributed by atoms with van der Waals surface area (Å²) in [5, 5.41) is 12.9. The van der Waals surface area contributed by atoms with Crippen LogP contribution in [0.15, 0.2) is 48.8 Å². The van der Waals surface area contributed by atoms with E-state index in [0.717, 1.165) is 6.20 Å². The van der Waals surface area contributed by atoms with Gasteiger partial charge in [-0.3, -0.25) is 19.4 Å². The third-order valence-corrected chi connectivity index (χ3v) is 8.78. The molecule has 1 aliphatic carbocycles. The Morgan fingerprint density at radius 3 is 2.56 bits per heavy atom. The predicted octanol–water partition coefficient (Wildman–Crippen LogP) is 4.64. The number of halogens is 4. The zero-order valence-electron chi connectivity index (χ0n) is 22.8. The maximum Gasteiger partial charge on any atom is 0.281 e. The van der Waals surface area contributed by atoms with Crippen LogP contribution in [0.3, 0.4) is 0 Å². The SMILES string of the molecule is O=C(NC1CCC(CN2C(=O)C3(CN(C(=O)c4ncccc4O)C3)c3cc(F)ccc32)CC1)c1cc(Cl)cnc1C(F)F. The summed E-state index contributed by atoms with van der Waals surface area (Å²) >= 11 is 5.88. The maximum atomic E-state index is 14.4. The van der Waals surface area contributed by atoms with Gasteiger partial charge in [-0.15, -0.1) is 0 Å². The molecular weight excluding hydrogens is 587 g/mol. The van der Waals surface area contributed by atoms with Gasteiger partial charge in [0.25, 0.3) is 18.2 Å². The van der Waals surface area contributed by atoms with Gasteiger partial charge in [0, 0.05) is 43.8 Å². The highest BCUT2D eigenvalue weighted by Crippen LogP contribution is 2.49. The van der Waals surface area contributed by atoms with E-state index in [4.69, 9.17) is 11.6 Å². The third-order valence-electron chi connectivity index (χ3n) is 8.58. The Morgan fingerprint density at radius 1 is 1.12 bits per heavy atom. The molecule has 3 aromatic rings. The van der Waals surface area contributed by atoms with Crippen LogP contribution < -0.4 is 10.2 Å². The topological polar surface area (TPSA) is 116 Å². The van der Waals surface area contributed by atoms with Gasteiger partial charge in [0.15, 0.2) is 5.69 Å². The highest BCUT2D eigenvalue weighted by molar-refractivity contribution is 6.30. The minimum absolute atomic E-state index is 0.0331. The van der Waals surface area contributed by atoms with Crippen molar-refractivity contribution < 1.29 is 32.7 Å². The van der Waals surface area contributed by atoms with Crippen molar-refractivity contribution in [2.45, 2.75) is 43.6 Å². The number of pyridine rings is 2. The molecule has 0 atom stereocenters. The number of anilines is 1. The van der Waals surface area contributed by atoms with E-state index in [1.807, 2.05) is 0 Å². The number of carbonyl (C=O) groups is 3. The number of amides is 3. The first kappa shape index (κ1) is 28.9. The molecule has 9 nitrogen and oxygen atoms in total. The highest BCUT2D eigenvalue weighted by Gasteiger charge is 2.59. The molecule has 4 heterocycles. The average Bonchev–Trinajstić information content (AvgIpc) is 3.19. The number of fused-ring (bicyclic) bond motifs is 2. The van der Waals surface area contributed by atoms with Crippen molar-refractivity contribution in [2.24, 2.45) is 5.92 Å². The van der Waals surface area contributed by atoms with Crippen LogP contribution in [0.4, 0.5) is 18.9 Å². The molecule has 0 bridgehead atoms. The molecule has 13 heteroatoms. The fraction of sp³-hybridized carbons (Fsp3) is 0.367. The molecule has 2 N–H and O–H groups in total. The number of aromatic hydroxyl groups is 1. The van der Waals surface area contributed by atoms with Crippen molar-refractivity contribution in [2.75, 3.05) is 24.5 Å². The molecule has 0 radical (unpaired) electrons. The Hall–Kier alpha value is -4.19. The summed E-state index contributed by atoms with van der Waals surface area (Å²) in [7, 11) is 0. The monoisotopic (exact) mass is 613 g/mol. The number of aromatic nitrogens is 2. The molecule has 43 heavy (non-hydrogen) atoms. The number of nitrogens with zero attached hydrogens (tertiary/aromatic N) is 4. The number of hydrogen-bond donors (Lipinski definition) is 2. The van der Waals surface area contributed by atoms with Crippen molar-refractivity contribution >= 4 is 35.0 Å². The summed E-state index contributed by atoms with van der Waals surface area (Å²) in [6.45, 7) is 0.444. The molecule has 1 spiro atoms. The lowest BCUT2D eigenvalue weighted by atomic mass is 9.74. The molecule has 0 unspecified atom stereocenters. The molecule has 1 saturated carbocycles. The van der Waals surface area contributed by atoms with Gasteiger partial charge >= 0.3 is 0 Å². The summed E-state index contributed by atoms with van der Waals surface area (Å²) in [6, 6.07) is 8.03. The Kier molecular flexibility index (Phi) is 7.49. The van der Waals surface area contributed by atoms with E-state index >= 15 is 0 Å². The fourth-order valence-electron chi connectivity index (χ4n) is 6.37. The number of benzene rings is 1. The number of carbonyl (C=O) groups excluding carboxylic acids is 3. The highest BCUT2D eigenvalue weighted by atomic mass is 35.5. The second kappa shape index (κ2) is 11.1. The van der Waals surface area contributed by atoms with E-state index in [9.17, 15) is 32.7 Å². The van der Waals surface area contributed by atoms with Crippen molar-refractivity contribution in [3.05, 3.63) is 82.1 Å². The van der Waals surface area contributed by atoms with Gasteiger partial charge in [-0.1, -0.05) is 11.6 Å². The molecule has 2 aromatic heterocycles. The molecule has 6 rings (SSSR count). The van der Waals surface area contributed by atoms with Crippen molar-refractivity contribution in [1.29, 1.82) is 0 Å². The van der Waals surface area contributed by atoms with E-state index in [-0.39, 0.29) is 53.0 Å². The smallest absolute Gasteiger partial charge is 0.281 e. The molecule has 224 valence electrons. The summed E-state index contributed by atoms with van der Waals surface area (Å²) in [6.07, 6.45) is 2.03. The molecule has 2 fully saturated rings. The van der Waals surface area contributed by atoms with Gasteiger partial charge in [-0.2, -0.15) is 0 Å². The standard InChI is InChI=1S/C30H27ClF3N5O4/c31-17-10-20(24(26(33)34)36-12-17)27(41)37-19-6-3-16(4-7-19)13-39-22-8-5-18(32)11-21(22)30(29(39)43)14-38(15-30)28(42)25-23(40)2-1-9-35-25/h1-2,5,8-12,16,19,26,40H,3-4,6-7,13-15H2,(H,37,41). The summed E-state index contributed by atoms with van der Waals surface area (Å²) < 4.78 is 41.1. The Balaban J connectivity index is 1.11. The zero-order chi connectivity index (χ0) is 30.5. The largest absolute Gasteiger partial charge is 0.505 e. The van der Waals surface area contributed by atoms with Gasteiger partial charge < -0.3 is 20.2 Å². The van der Waals surface area contributed by atoms with Gasteiger partial charge in [0.2, 0.25) is 5.91 Å². The second-order valence-corrected chi connectivity index (χ2v) is 11.7. The van der Waals surface area contributed by atoms with E-state index in [1.54, 1.807) is 11.0 Å². The van der Waals surface area contributed by atoms with E-state index in [1.165, 1.54) is 41.4 Å². The lowest BCUT2D eigenvalue weighted by Gasteiger charge is -2.46. The van der Waals surface area contributed by atoms with Gasteiger partial charge in [0.05, 0.1) is 10.6 Å². The quantitative estimate of drug-likeness (QED) is 0.419. The van der Waals surface area contributed by atoms with Crippen molar-refractivity contribution in [1.82, 2.24) is 20.2 Å². The molecule has 3 amide bonds. The Labute approximate surface area is 249 Å². The predicted molar refractivity (Wildman–Crippen MR) is 150 cm³/mol. The summed E-state index contributed by atoms with van der Waals surface area (Å²) in [5.74, 6) is -2.05. The van der Waals surface area contributed by atoms with Crippen LogP contribution in [0.5, 0.6) is 5.75 Å². The molecule has 1 saturated heterocycles. The van der Waals surface area contributed by atoms with Crippen molar-refractivity contribution in [3.8, 4) is 5.75 Å². The van der Waals surface area contributed by atoms with Crippen LogP contribution in [0.2, 0.25) is 5.02 Å². The first-order chi connectivity index (χ1) is 20.6. The number of rotatable bonds is 6. The third kappa shape index (κ3) is 5.17. The van der Waals surface area contributed by atoms with Gasteiger partial charge in [-0.05, 0) is 73.6 Å². The molecule has 3 aliphatic rings. The van der Waals surface area contributed by atoms with Crippen molar-refractivity contribution in [3.63, 3.8) is 0 Å². The van der Waals surface area contributed by atoms with Crippen LogP contribution >= 0.6 is 11.6 Å². The van der Waals surface area contributed by atoms with Gasteiger partial charge in [-0.25, -0.2) is 18.2 Å². The number of likely N-dealkylation sites (tertiary alicyclic amines) is 1. The Morgan fingerprint density at radius 2 is 1.86 bits per heavy atom. The van der Waals surface area contributed by atoms with E-state index in [2.05, 4.69) is 15.3 Å². The van der Waals surface area contributed by atoms with Crippen LogP contribution in [0.1, 0.15) is 64.2 Å². The number of nitrogens with one attached hydrogen (secondary N) is 1. The van der Waals surface area contributed by atoms with E-state index < -0.39 is 35.2 Å². The Bertz CT molecular complexity index is 1610. The second-order valence-electron chi connectivity index (χ2n) is 11.3. The molecule has 1 aromatic carbocycles. The summed E-state index contributed by atoms with van der Waals surface area (Å²) in [4.78, 5) is 50.3. The first-order valence-electron chi connectivity index (χ1n) is 13.9. The summed E-state index contributed by atoms with van der Waals surface area (Å²) in [5.41, 5.74) is -0.955.